The van der Waals surface area contributed by atoms with E-state index in [1.54, 1.807) is 31.4 Å². The highest BCUT2D eigenvalue weighted by Gasteiger charge is 2.33. The number of methoxy groups -OCH3 is 1. The molecule has 0 saturated heterocycles. The number of nitrogens with zero attached hydrogens (tertiary/aromatic N) is 2. The number of sulfone groups is 1. The molecule has 0 aromatic heterocycles. The van der Waals surface area contributed by atoms with Crippen molar-refractivity contribution >= 4 is 21.2 Å². The van der Waals surface area contributed by atoms with Crippen LogP contribution in [-0.2, 0) is 9.84 Å². The lowest BCUT2D eigenvalue weighted by atomic mass is 10.0. The second-order valence-corrected chi connectivity index (χ2v) is 11.4. The molecule has 3 aromatic rings. The van der Waals surface area contributed by atoms with Crippen LogP contribution < -0.4 is 14.5 Å². The molecule has 0 aliphatic carbocycles. The van der Waals surface area contributed by atoms with E-state index in [9.17, 15) is 8.42 Å². The standard InChI is InChI=1S/C30H40N2O3S/c1-6-8-21-32(22-9-7-2)26-19-20-28(29(23-26)35-5)30(24-15-17-25(18-16-24)31(3)4)36(33,34)27-13-11-10-12-14-27/h10-20,23,30H,6-9,21-22H2,1-5H3. The van der Waals surface area contributed by atoms with Crippen molar-refractivity contribution in [3.8, 4) is 5.75 Å². The van der Waals surface area contributed by atoms with Crippen LogP contribution >= 0.6 is 0 Å². The van der Waals surface area contributed by atoms with Gasteiger partial charge < -0.3 is 14.5 Å². The van der Waals surface area contributed by atoms with Gasteiger partial charge in [-0.05, 0) is 48.7 Å². The van der Waals surface area contributed by atoms with Gasteiger partial charge in [-0.2, -0.15) is 0 Å². The van der Waals surface area contributed by atoms with E-state index in [1.165, 1.54) is 0 Å². The SMILES string of the molecule is CCCCN(CCCC)c1ccc(C(c2ccc(N(C)C)cc2)S(=O)(=O)c2ccccc2)c(OC)c1. The predicted molar refractivity (Wildman–Crippen MR) is 151 cm³/mol. The van der Waals surface area contributed by atoms with Crippen molar-refractivity contribution in [3.05, 3.63) is 83.9 Å². The Morgan fingerprint density at radius 1 is 0.806 bits per heavy atom. The normalized spacial score (nSPS) is 12.2. The van der Waals surface area contributed by atoms with E-state index in [0.717, 1.165) is 50.1 Å². The summed E-state index contributed by atoms with van der Waals surface area (Å²) in [4.78, 5) is 4.68. The summed E-state index contributed by atoms with van der Waals surface area (Å²) in [5.41, 5.74) is 3.44. The zero-order valence-electron chi connectivity index (χ0n) is 22.3. The minimum Gasteiger partial charge on any atom is -0.496 e. The van der Waals surface area contributed by atoms with Crippen molar-refractivity contribution in [2.75, 3.05) is 44.1 Å². The van der Waals surface area contributed by atoms with E-state index < -0.39 is 15.1 Å². The fourth-order valence-electron chi connectivity index (χ4n) is 4.40. The van der Waals surface area contributed by atoms with Crippen LogP contribution in [0.5, 0.6) is 5.75 Å². The summed E-state index contributed by atoms with van der Waals surface area (Å²) in [7, 11) is 1.82. The Hall–Kier alpha value is -2.99. The first-order chi connectivity index (χ1) is 17.3. The van der Waals surface area contributed by atoms with Gasteiger partial charge in [-0.25, -0.2) is 8.42 Å². The molecular formula is C30H40N2O3S. The van der Waals surface area contributed by atoms with Gasteiger partial charge in [0.05, 0.1) is 12.0 Å². The van der Waals surface area contributed by atoms with Crippen LogP contribution in [0.3, 0.4) is 0 Å². The molecular weight excluding hydrogens is 468 g/mol. The zero-order chi connectivity index (χ0) is 26.1. The van der Waals surface area contributed by atoms with Crippen molar-refractivity contribution in [2.45, 2.75) is 49.7 Å². The summed E-state index contributed by atoms with van der Waals surface area (Å²) in [6.07, 6.45) is 4.46. The van der Waals surface area contributed by atoms with Crippen LogP contribution in [0.4, 0.5) is 11.4 Å². The Bertz CT molecular complexity index is 1180. The summed E-state index contributed by atoms with van der Waals surface area (Å²) in [5.74, 6) is 0.590. The van der Waals surface area contributed by atoms with Gasteiger partial charge in [0, 0.05) is 50.2 Å². The minimum atomic E-state index is -3.74. The van der Waals surface area contributed by atoms with Crippen LogP contribution in [0.2, 0.25) is 0 Å². The number of rotatable bonds is 13. The molecule has 3 aromatic carbocycles. The molecule has 194 valence electrons. The Balaban J connectivity index is 2.14. The number of hydrogen-bond donors (Lipinski definition) is 0. The fraction of sp³-hybridized carbons (Fsp3) is 0.400. The van der Waals surface area contributed by atoms with Crippen LogP contribution in [0.25, 0.3) is 0 Å². The van der Waals surface area contributed by atoms with Crippen LogP contribution in [0, 0.1) is 0 Å². The monoisotopic (exact) mass is 508 g/mol. The molecule has 0 amide bonds. The van der Waals surface area contributed by atoms with Gasteiger partial charge in [0.1, 0.15) is 11.0 Å². The lowest BCUT2D eigenvalue weighted by Gasteiger charge is -2.27. The van der Waals surface area contributed by atoms with Crippen molar-refractivity contribution in [1.29, 1.82) is 0 Å². The van der Waals surface area contributed by atoms with Crippen molar-refractivity contribution < 1.29 is 13.2 Å². The Labute approximate surface area is 217 Å². The molecule has 0 saturated carbocycles. The minimum absolute atomic E-state index is 0.297. The van der Waals surface area contributed by atoms with Gasteiger partial charge in [-0.15, -0.1) is 0 Å². The van der Waals surface area contributed by atoms with E-state index in [4.69, 9.17) is 4.74 Å². The average Bonchev–Trinajstić information content (AvgIpc) is 2.90. The van der Waals surface area contributed by atoms with E-state index in [1.807, 2.05) is 67.5 Å². The first-order valence-corrected chi connectivity index (χ1v) is 14.4. The molecule has 0 spiro atoms. The van der Waals surface area contributed by atoms with Gasteiger partial charge >= 0.3 is 0 Å². The molecule has 0 N–H and O–H groups in total. The van der Waals surface area contributed by atoms with Crippen molar-refractivity contribution in [3.63, 3.8) is 0 Å². The van der Waals surface area contributed by atoms with Gasteiger partial charge in [0.25, 0.3) is 0 Å². The Kier molecular flexibility index (Phi) is 9.82. The van der Waals surface area contributed by atoms with Crippen molar-refractivity contribution in [1.82, 2.24) is 0 Å². The number of hydrogen-bond acceptors (Lipinski definition) is 5. The van der Waals surface area contributed by atoms with Gasteiger partial charge in [0.15, 0.2) is 9.84 Å². The maximum atomic E-state index is 14.0. The summed E-state index contributed by atoms with van der Waals surface area (Å²) in [6.45, 7) is 6.33. The number of anilines is 2. The van der Waals surface area contributed by atoms with Crippen molar-refractivity contribution in [2.24, 2.45) is 0 Å². The average molecular weight is 509 g/mol. The lowest BCUT2D eigenvalue weighted by Crippen LogP contribution is -2.25. The molecule has 3 rings (SSSR count). The highest BCUT2D eigenvalue weighted by atomic mass is 32.2. The van der Waals surface area contributed by atoms with Crippen LogP contribution in [0.1, 0.15) is 55.9 Å². The molecule has 6 heteroatoms. The number of benzene rings is 3. The third-order valence-electron chi connectivity index (χ3n) is 6.52. The van der Waals surface area contributed by atoms with E-state index in [-0.39, 0.29) is 0 Å². The third kappa shape index (κ3) is 6.41. The number of unbranched alkanes of at least 4 members (excludes halogenated alkanes) is 2. The zero-order valence-corrected chi connectivity index (χ0v) is 23.1. The molecule has 0 radical (unpaired) electrons. The van der Waals surface area contributed by atoms with Gasteiger partial charge in [-0.1, -0.05) is 63.1 Å². The number of ether oxygens (including phenoxy) is 1. The smallest absolute Gasteiger partial charge is 0.189 e. The van der Waals surface area contributed by atoms with Gasteiger partial charge in [0.2, 0.25) is 0 Å². The Morgan fingerprint density at radius 3 is 1.92 bits per heavy atom. The van der Waals surface area contributed by atoms with Crippen LogP contribution in [0.15, 0.2) is 77.7 Å². The van der Waals surface area contributed by atoms with E-state index in [0.29, 0.717) is 21.8 Å². The quantitative estimate of drug-likeness (QED) is 0.256. The topological polar surface area (TPSA) is 49.9 Å². The van der Waals surface area contributed by atoms with E-state index >= 15 is 0 Å². The maximum absolute atomic E-state index is 14.0. The molecule has 5 nitrogen and oxygen atoms in total. The lowest BCUT2D eigenvalue weighted by molar-refractivity contribution is 0.409. The Morgan fingerprint density at radius 2 is 1.39 bits per heavy atom. The second-order valence-electron chi connectivity index (χ2n) is 9.34. The summed E-state index contributed by atoms with van der Waals surface area (Å²) in [6, 6.07) is 22.4. The molecule has 0 aliphatic rings. The summed E-state index contributed by atoms with van der Waals surface area (Å²) < 4.78 is 33.9. The third-order valence-corrected chi connectivity index (χ3v) is 8.60. The molecule has 0 bridgehead atoms. The molecule has 1 atom stereocenters. The molecule has 0 heterocycles. The highest BCUT2D eigenvalue weighted by molar-refractivity contribution is 7.92. The first-order valence-electron chi connectivity index (χ1n) is 12.8. The van der Waals surface area contributed by atoms with E-state index in [2.05, 4.69) is 18.7 Å². The fourth-order valence-corrected chi connectivity index (χ4v) is 6.25. The molecule has 0 aliphatic heterocycles. The van der Waals surface area contributed by atoms with Crippen LogP contribution in [-0.4, -0.2) is 42.7 Å². The maximum Gasteiger partial charge on any atom is 0.189 e. The second kappa shape index (κ2) is 12.8. The molecule has 1 unspecified atom stereocenters. The summed E-state index contributed by atoms with van der Waals surface area (Å²) in [5, 5.41) is -0.889. The van der Waals surface area contributed by atoms with Gasteiger partial charge in [-0.3, -0.25) is 0 Å². The summed E-state index contributed by atoms with van der Waals surface area (Å²) >= 11 is 0. The predicted octanol–water partition coefficient (Wildman–Crippen LogP) is 6.73. The molecule has 0 fully saturated rings. The highest BCUT2D eigenvalue weighted by Crippen LogP contribution is 2.41. The molecule has 36 heavy (non-hydrogen) atoms. The largest absolute Gasteiger partial charge is 0.496 e. The first kappa shape index (κ1) is 27.6.